The topological polar surface area (TPSA) is 78.4 Å². The SMILES string of the molecule is O=C(O)CNC(=O)NC1CCCc2sccc21. The third-order valence-electron chi connectivity index (χ3n) is 2.76. The predicted octanol–water partition coefficient (Wildman–Crippen LogP) is 1.51. The van der Waals surface area contributed by atoms with Crippen molar-refractivity contribution in [3.05, 3.63) is 21.9 Å². The van der Waals surface area contributed by atoms with E-state index < -0.39 is 12.0 Å². The molecule has 2 rings (SSSR count). The number of aryl methyl sites for hydroxylation is 1. The molecule has 0 saturated heterocycles. The van der Waals surface area contributed by atoms with Gasteiger partial charge >= 0.3 is 12.0 Å². The van der Waals surface area contributed by atoms with Crippen LogP contribution in [0.5, 0.6) is 0 Å². The molecule has 0 saturated carbocycles. The summed E-state index contributed by atoms with van der Waals surface area (Å²) in [5, 5.41) is 15.6. The second kappa shape index (κ2) is 5.18. The number of hydrogen-bond acceptors (Lipinski definition) is 3. The maximum Gasteiger partial charge on any atom is 0.323 e. The van der Waals surface area contributed by atoms with Gasteiger partial charge in [-0.1, -0.05) is 0 Å². The van der Waals surface area contributed by atoms with Gasteiger partial charge in [0, 0.05) is 4.88 Å². The number of nitrogens with one attached hydrogen (secondary N) is 2. The molecule has 0 spiro atoms. The maximum absolute atomic E-state index is 11.5. The minimum absolute atomic E-state index is 0.0128. The predicted molar refractivity (Wildman–Crippen MR) is 64.2 cm³/mol. The van der Waals surface area contributed by atoms with E-state index in [-0.39, 0.29) is 12.6 Å². The van der Waals surface area contributed by atoms with E-state index in [2.05, 4.69) is 10.6 Å². The van der Waals surface area contributed by atoms with Gasteiger partial charge in [-0.25, -0.2) is 4.79 Å². The minimum atomic E-state index is -1.04. The van der Waals surface area contributed by atoms with Gasteiger partial charge in [-0.05, 0) is 36.3 Å². The van der Waals surface area contributed by atoms with Crippen LogP contribution in [0, 0.1) is 0 Å². The second-order valence-electron chi connectivity index (χ2n) is 3.96. The highest BCUT2D eigenvalue weighted by atomic mass is 32.1. The Bertz CT molecular complexity index is 430. The van der Waals surface area contributed by atoms with Crippen molar-refractivity contribution in [2.75, 3.05) is 6.54 Å². The summed E-state index contributed by atoms with van der Waals surface area (Å²) in [6, 6.07) is 1.62. The fraction of sp³-hybridized carbons (Fsp3) is 0.455. The lowest BCUT2D eigenvalue weighted by molar-refractivity contribution is -0.135. The van der Waals surface area contributed by atoms with E-state index in [0.29, 0.717) is 0 Å². The van der Waals surface area contributed by atoms with E-state index in [1.807, 2.05) is 11.4 Å². The third-order valence-corrected chi connectivity index (χ3v) is 3.75. The first-order valence-electron chi connectivity index (χ1n) is 5.49. The van der Waals surface area contributed by atoms with Crippen LogP contribution < -0.4 is 10.6 Å². The number of rotatable bonds is 3. The Morgan fingerprint density at radius 3 is 3.12 bits per heavy atom. The van der Waals surface area contributed by atoms with Gasteiger partial charge in [-0.2, -0.15) is 0 Å². The van der Waals surface area contributed by atoms with Crippen molar-refractivity contribution in [1.29, 1.82) is 0 Å². The van der Waals surface area contributed by atoms with Gasteiger partial charge in [-0.3, -0.25) is 4.79 Å². The zero-order valence-electron chi connectivity index (χ0n) is 9.23. The summed E-state index contributed by atoms with van der Waals surface area (Å²) in [5.41, 5.74) is 1.17. The zero-order chi connectivity index (χ0) is 12.3. The van der Waals surface area contributed by atoms with Gasteiger partial charge in [0.25, 0.3) is 0 Å². The Kier molecular flexibility index (Phi) is 3.63. The molecule has 1 atom stereocenters. The lowest BCUT2D eigenvalue weighted by atomic mass is 9.94. The quantitative estimate of drug-likeness (QED) is 0.765. The molecule has 1 aliphatic carbocycles. The van der Waals surface area contributed by atoms with Crippen LogP contribution in [-0.4, -0.2) is 23.7 Å². The van der Waals surface area contributed by atoms with Crippen molar-refractivity contribution in [2.45, 2.75) is 25.3 Å². The van der Waals surface area contributed by atoms with Crippen LogP contribution in [0.25, 0.3) is 0 Å². The second-order valence-corrected chi connectivity index (χ2v) is 4.97. The summed E-state index contributed by atoms with van der Waals surface area (Å²) in [4.78, 5) is 23.1. The van der Waals surface area contributed by atoms with Gasteiger partial charge in [0.1, 0.15) is 6.54 Å². The Labute approximate surface area is 103 Å². The van der Waals surface area contributed by atoms with E-state index in [1.165, 1.54) is 10.4 Å². The van der Waals surface area contributed by atoms with E-state index in [4.69, 9.17) is 5.11 Å². The lowest BCUT2D eigenvalue weighted by Gasteiger charge is -2.23. The number of amides is 2. The normalized spacial score (nSPS) is 18.2. The van der Waals surface area contributed by atoms with Crippen molar-refractivity contribution in [3.8, 4) is 0 Å². The van der Waals surface area contributed by atoms with Crippen LogP contribution in [0.15, 0.2) is 11.4 Å². The number of carbonyl (C=O) groups is 2. The van der Waals surface area contributed by atoms with Crippen molar-refractivity contribution in [3.63, 3.8) is 0 Å². The van der Waals surface area contributed by atoms with Gasteiger partial charge in [-0.15, -0.1) is 11.3 Å². The molecule has 2 amide bonds. The maximum atomic E-state index is 11.5. The monoisotopic (exact) mass is 254 g/mol. The van der Waals surface area contributed by atoms with Crippen LogP contribution in [0.1, 0.15) is 29.3 Å². The number of aliphatic carboxylic acids is 1. The van der Waals surface area contributed by atoms with Crippen molar-refractivity contribution >= 4 is 23.3 Å². The molecule has 1 aliphatic rings. The Morgan fingerprint density at radius 1 is 1.53 bits per heavy atom. The summed E-state index contributed by atoms with van der Waals surface area (Å²) < 4.78 is 0. The van der Waals surface area contributed by atoms with E-state index in [9.17, 15) is 9.59 Å². The summed E-state index contributed by atoms with van der Waals surface area (Å²) in [6.45, 7) is -0.352. The number of carbonyl (C=O) groups excluding carboxylic acids is 1. The minimum Gasteiger partial charge on any atom is -0.480 e. The molecule has 1 heterocycles. The molecule has 0 bridgehead atoms. The van der Waals surface area contributed by atoms with Crippen molar-refractivity contribution in [2.24, 2.45) is 0 Å². The van der Waals surface area contributed by atoms with Crippen LogP contribution in [0.4, 0.5) is 4.79 Å². The standard InChI is InChI=1S/C11H14N2O3S/c14-10(15)6-12-11(16)13-8-2-1-3-9-7(8)4-5-17-9/h4-5,8H,1-3,6H2,(H,14,15)(H2,12,13,16). The fourth-order valence-corrected chi connectivity index (χ4v) is 2.99. The number of fused-ring (bicyclic) bond motifs is 1. The van der Waals surface area contributed by atoms with Gasteiger partial charge in [0.15, 0.2) is 0 Å². The van der Waals surface area contributed by atoms with Gasteiger partial charge < -0.3 is 15.7 Å². The van der Waals surface area contributed by atoms with Crippen molar-refractivity contribution in [1.82, 2.24) is 10.6 Å². The number of urea groups is 1. The van der Waals surface area contributed by atoms with E-state index in [1.54, 1.807) is 11.3 Å². The molecule has 0 fully saturated rings. The highest BCUT2D eigenvalue weighted by Gasteiger charge is 2.22. The zero-order valence-corrected chi connectivity index (χ0v) is 10.0. The Hall–Kier alpha value is -1.56. The summed E-state index contributed by atoms with van der Waals surface area (Å²) in [7, 11) is 0. The Balaban J connectivity index is 1.92. The summed E-state index contributed by atoms with van der Waals surface area (Å²) >= 11 is 1.71. The molecule has 0 aliphatic heterocycles. The van der Waals surface area contributed by atoms with Crippen LogP contribution in [0.2, 0.25) is 0 Å². The molecule has 17 heavy (non-hydrogen) atoms. The smallest absolute Gasteiger partial charge is 0.323 e. The highest BCUT2D eigenvalue weighted by molar-refractivity contribution is 7.10. The molecule has 1 aromatic rings. The summed E-state index contributed by atoms with van der Waals surface area (Å²) in [6.07, 6.45) is 3.03. The van der Waals surface area contributed by atoms with Crippen LogP contribution in [-0.2, 0) is 11.2 Å². The molecular formula is C11H14N2O3S. The first-order chi connectivity index (χ1) is 8.16. The largest absolute Gasteiger partial charge is 0.480 e. The molecule has 1 aromatic heterocycles. The molecular weight excluding hydrogens is 240 g/mol. The number of carboxylic acids is 1. The highest BCUT2D eigenvalue weighted by Crippen LogP contribution is 2.32. The molecule has 1 unspecified atom stereocenters. The lowest BCUT2D eigenvalue weighted by Crippen LogP contribution is -2.40. The first-order valence-corrected chi connectivity index (χ1v) is 6.37. The molecule has 92 valence electrons. The average Bonchev–Trinajstić information content (AvgIpc) is 2.75. The van der Waals surface area contributed by atoms with Crippen LogP contribution in [0.3, 0.4) is 0 Å². The molecule has 0 aromatic carbocycles. The molecule has 6 heteroatoms. The average molecular weight is 254 g/mol. The summed E-state index contributed by atoms with van der Waals surface area (Å²) in [5.74, 6) is -1.04. The van der Waals surface area contributed by atoms with Gasteiger partial charge in [0.05, 0.1) is 6.04 Å². The number of thiophene rings is 1. The molecule has 0 radical (unpaired) electrons. The van der Waals surface area contributed by atoms with Crippen LogP contribution >= 0.6 is 11.3 Å². The first kappa shape index (κ1) is 11.9. The van der Waals surface area contributed by atoms with E-state index >= 15 is 0 Å². The molecule has 5 nitrogen and oxygen atoms in total. The van der Waals surface area contributed by atoms with E-state index in [0.717, 1.165) is 19.3 Å². The number of hydrogen-bond donors (Lipinski definition) is 3. The molecule has 3 N–H and O–H groups in total. The third kappa shape index (κ3) is 2.97. The number of carboxylic acid groups (broad SMARTS) is 1. The Morgan fingerprint density at radius 2 is 2.35 bits per heavy atom. The van der Waals surface area contributed by atoms with Crippen molar-refractivity contribution < 1.29 is 14.7 Å². The fourth-order valence-electron chi connectivity index (χ4n) is 2.00. The van der Waals surface area contributed by atoms with Gasteiger partial charge in [0.2, 0.25) is 0 Å².